The summed E-state index contributed by atoms with van der Waals surface area (Å²) in [5.74, 6) is 0.571. The van der Waals surface area contributed by atoms with E-state index in [9.17, 15) is 4.79 Å². The molecule has 4 nitrogen and oxygen atoms in total. The first-order valence-corrected chi connectivity index (χ1v) is 7.48. The molecular weight excluding hydrogens is 266 g/mol. The lowest BCUT2D eigenvalue weighted by Crippen LogP contribution is -2.31. The van der Waals surface area contributed by atoms with Crippen LogP contribution in [0, 0.1) is 12.3 Å². The first-order chi connectivity index (χ1) is 9.81. The molecule has 0 spiro atoms. The molecule has 1 unspecified atom stereocenters. The van der Waals surface area contributed by atoms with Crippen molar-refractivity contribution in [2.75, 3.05) is 13.2 Å². The lowest BCUT2D eigenvalue weighted by molar-refractivity contribution is -0.154. The van der Waals surface area contributed by atoms with Crippen molar-refractivity contribution in [2.45, 2.75) is 47.1 Å². The van der Waals surface area contributed by atoms with Gasteiger partial charge in [0.1, 0.15) is 5.75 Å². The highest BCUT2D eigenvalue weighted by atomic mass is 16.5. The maximum Gasteiger partial charge on any atom is 0.311 e. The van der Waals surface area contributed by atoms with Gasteiger partial charge in [0.2, 0.25) is 0 Å². The first-order valence-electron chi connectivity index (χ1n) is 7.48. The van der Waals surface area contributed by atoms with Crippen LogP contribution in [0.15, 0.2) is 18.2 Å². The Bertz CT molecular complexity index is 483. The molecule has 0 amide bonds. The van der Waals surface area contributed by atoms with Crippen LogP contribution in [0.25, 0.3) is 0 Å². The topological polar surface area (TPSA) is 61.5 Å². The largest absolute Gasteiger partial charge is 0.494 e. The van der Waals surface area contributed by atoms with Crippen molar-refractivity contribution in [1.29, 1.82) is 0 Å². The van der Waals surface area contributed by atoms with Crippen LogP contribution in [0.4, 0.5) is 0 Å². The summed E-state index contributed by atoms with van der Waals surface area (Å²) in [5.41, 5.74) is 7.77. The third-order valence-corrected chi connectivity index (χ3v) is 3.42. The van der Waals surface area contributed by atoms with Crippen LogP contribution in [0.3, 0.4) is 0 Å². The molecule has 0 aromatic heterocycles. The lowest BCUT2D eigenvalue weighted by atomic mass is 9.83. The summed E-state index contributed by atoms with van der Waals surface area (Å²) in [7, 11) is 0. The number of hydrogen-bond acceptors (Lipinski definition) is 4. The highest BCUT2D eigenvalue weighted by Gasteiger charge is 2.32. The summed E-state index contributed by atoms with van der Waals surface area (Å²) in [6.07, 6.45) is 0.509. The molecule has 0 aliphatic carbocycles. The molecule has 0 heterocycles. The number of hydrogen-bond donors (Lipinski definition) is 1. The van der Waals surface area contributed by atoms with Crippen molar-refractivity contribution in [1.82, 2.24) is 0 Å². The van der Waals surface area contributed by atoms with E-state index in [2.05, 4.69) is 0 Å². The standard InChI is InChI=1S/C17H27NO3/c1-6-20-15-9-8-12(3)10-13(15)14(18)11-17(4,5)16(19)21-7-2/h8-10,14H,6-7,11,18H2,1-5H3. The van der Waals surface area contributed by atoms with E-state index < -0.39 is 5.41 Å². The third kappa shape index (κ3) is 4.74. The zero-order valence-corrected chi connectivity index (χ0v) is 13.7. The number of esters is 1. The van der Waals surface area contributed by atoms with Gasteiger partial charge >= 0.3 is 5.97 Å². The second-order valence-electron chi connectivity index (χ2n) is 5.89. The summed E-state index contributed by atoms with van der Waals surface area (Å²) in [6, 6.07) is 5.69. The predicted molar refractivity (Wildman–Crippen MR) is 84.3 cm³/mol. The van der Waals surface area contributed by atoms with Gasteiger partial charge in [0.05, 0.1) is 18.6 Å². The van der Waals surface area contributed by atoms with Crippen LogP contribution in [0.1, 0.15) is 51.3 Å². The van der Waals surface area contributed by atoms with Crippen LogP contribution < -0.4 is 10.5 Å². The van der Waals surface area contributed by atoms with E-state index in [0.717, 1.165) is 16.9 Å². The van der Waals surface area contributed by atoms with Gasteiger partial charge in [-0.05, 0) is 47.1 Å². The average Bonchev–Trinajstić information content (AvgIpc) is 2.40. The van der Waals surface area contributed by atoms with Gasteiger partial charge in [0.25, 0.3) is 0 Å². The minimum Gasteiger partial charge on any atom is -0.494 e. The molecule has 0 saturated carbocycles. The van der Waals surface area contributed by atoms with E-state index >= 15 is 0 Å². The molecule has 1 aromatic carbocycles. The summed E-state index contributed by atoms with van der Waals surface area (Å²) >= 11 is 0. The maximum atomic E-state index is 12.0. The summed E-state index contributed by atoms with van der Waals surface area (Å²) < 4.78 is 10.8. The second-order valence-corrected chi connectivity index (χ2v) is 5.89. The van der Waals surface area contributed by atoms with Gasteiger partial charge in [0, 0.05) is 11.6 Å². The van der Waals surface area contributed by atoms with Crippen LogP contribution in [0.2, 0.25) is 0 Å². The van der Waals surface area contributed by atoms with Crippen LogP contribution in [-0.4, -0.2) is 19.2 Å². The monoisotopic (exact) mass is 293 g/mol. The summed E-state index contributed by atoms with van der Waals surface area (Å²) in [4.78, 5) is 12.0. The molecule has 0 radical (unpaired) electrons. The van der Waals surface area contributed by atoms with Crippen LogP contribution in [0.5, 0.6) is 5.75 Å². The van der Waals surface area contributed by atoms with Crippen LogP contribution in [-0.2, 0) is 9.53 Å². The number of carbonyl (C=O) groups is 1. The van der Waals surface area contributed by atoms with Crippen molar-refractivity contribution in [3.05, 3.63) is 29.3 Å². The number of nitrogens with two attached hydrogens (primary N) is 1. The minimum atomic E-state index is -0.622. The summed E-state index contributed by atoms with van der Waals surface area (Å²) in [6.45, 7) is 10.5. The Morgan fingerprint density at radius 1 is 1.29 bits per heavy atom. The van der Waals surface area contributed by atoms with Gasteiger partial charge in [-0.2, -0.15) is 0 Å². The van der Waals surface area contributed by atoms with Gasteiger partial charge in [-0.25, -0.2) is 0 Å². The van der Waals surface area contributed by atoms with Crippen molar-refractivity contribution in [2.24, 2.45) is 11.1 Å². The smallest absolute Gasteiger partial charge is 0.311 e. The van der Waals surface area contributed by atoms with E-state index in [1.54, 1.807) is 0 Å². The fourth-order valence-corrected chi connectivity index (χ4v) is 2.31. The molecule has 118 valence electrons. The Morgan fingerprint density at radius 3 is 2.52 bits per heavy atom. The van der Waals surface area contributed by atoms with Crippen molar-refractivity contribution in [3.8, 4) is 5.75 Å². The fraction of sp³-hybridized carbons (Fsp3) is 0.588. The van der Waals surface area contributed by atoms with E-state index in [-0.39, 0.29) is 12.0 Å². The predicted octanol–water partition coefficient (Wildman–Crippen LogP) is 3.37. The quantitative estimate of drug-likeness (QED) is 0.783. The second kappa shape index (κ2) is 7.46. The molecule has 4 heteroatoms. The van der Waals surface area contributed by atoms with E-state index in [1.165, 1.54) is 0 Å². The maximum absolute atomic E-state index is 12.0. The van der Waals surface area contributed by atoms with Gasteiger partial charge in [0.15, 0.2) is 0 Å². The van der Waals surface area contributed by atoms with E-state index in [0.29, 0.717) is 19.6 Å². The minimum absolute atomic E-state index is 0.217. The number of rotatable bonds is 7. The zero-order valence-electron chi connectivity index (χ0n) is 13.7. The number of ether oxygens (including phenoxy) is 2. The summed E-state index contributed by atoms with van der Waals surface area (Å²) in [5, 5.41) is 0. The van der Waals surface area contributed by atoms with Gasteiger partial charge in [-0.3, -0.25) is 4.79 Å². The van der Waals surface area contributed by atoms with Crippen LogP contribution >= 0.6 is 0 Å². The molecule has 0 fully saturated rings. The van der Waals surface area contributed by atoms with Gasteiger partial charge in [-0.15, -0.1) is 0 Å². The molecule has 0 aliphatic rings. The molecule has 21 heavy (non-hydrogen) atoms. The molecular formula is C17H27NO3. The number of benzene rings is 1. The van der Waals surface area contributed by atoms with Crippen molar-refractivity contribution < 1.29 is 14.3 Å². The van der Waals surface area contributed by atoms with Gasteiger partial charge < -0.3 is 15.2 Å². The first kappa shape index (κ1) is 17.5. The Labute approximate surface area is 127 Å². The molecule has 0 saturated heterocycles. The lowest BCUT2D eigenvalue weighted by Gasteiger charge is -2.27. The van der Waals surface area contributed by atoms with Crippen molar-refractivity contribution >= 4 is 5.97 Å². The van der Waals surface area contributed by atoms with Crippen molar-refractivity contribution in [3.63, 3.8) is 0 Å². The molecule has 0 bridgehead atoms. The Kier molecular flexibility index (Phi) is 6.21. The molecule has 2 N–H and O–H groups in total. The molecule has 1 atom stereocenters. The van der Waals surface area contributed by atoms with E-state index in [1.807, 2.05) is 52.8 Å². The van der Waals surface area contributed by atoms with E-state index in [4.69, 9.17) is 15.2 Å². The molecule has 0 aliphatic heterocycles. The highest BCUT2D eigenvalue weighted by Crippen LogP contribution is 2.34. The normalized spacial score (nSPS) is 12.9. The van der Waals surface area contributed by atoms with Gasteiger partial charge in [-0.1, -0.05) is 17.7 Å². The fourth-order valence-electron chi connectivity index (χ4n) is 2.31. The molecule has 1 aromatic rings. The average molecular weight is 293 g/mol. The Morgan fingerprint density at radius 2 is 1.95 bits per heavy atom. The molecule has 1 rings (SSSR count). The zero-order chi connectivity index (χ0) is 16.0. The number of carbonyl (C=O) groups excluding carboxylic acids is 1. The Hall–Kier alpha value is -1.55. The highest BCUT2D eigenvalue weighted by molar-refractivity contribution is 5.76. The SMILES string of the molecule is CCOC(=O)C(C)(C)CC(N)c1cc(C)ccc1OCC. The third-order valence-electron chi connectivity index (χ3n) is 3.42. The number of aryl methyl sites for hydroxylation is 1. The Balaban J connectivity index is 2.95.